The maximum atomic E-state index is 10.1. The second-order valence-corrected chi connectivity index (χ2v) is 3.13. The Hall–Kier alpha value is -1.30. The van der Waals surface area contributed by atoms with Gasteiger partial charge >= 0.3 is 0 Å². The Bertz CT molecular complexity index is 221. The van der Waals surface area contributed by atoms with Crippen LogP contribution < -0.4 is 5.73 Å². The van der Waals surface area contributed by atoms with Gasteiger partial charge in [-0.3, -0.25) is 10.1 Å². The molecule has 6 nitrogen and oxygen atoms in total. The van der Waals surface area contributed by atoms with Gasteiger partial charge in [-0.25, -0.2) is 0 Å². The van der Waals surface area contributed by atoms with Gasteiger partial charge in [0.1, 0.15) is 0 Å². The monoisotopic (exact) mass is 186 g/mol. The van der Waals surface area contributed by atoms with Crippen LogP contribution in [0.1, 0.15) is 0 Å². The van der Waals surface area contributed by atoms with E-state index in [0.29, 0.717) is 0 Å². The minimum atomic E-state index is -0.520. The summed E-state index contributed by atoms with van der Waals surface area (Å²) in [6, 6.07) is 0. The van der Waals surface area contributed by atoms with Crippen molar-refractivity contribution in [2.24, 2.45) is 5.73 Å². The summed E-state index contributed by atoms with van der Waals surface area (Å²) in [5.41, 5.74) is 5.52. The predicted molar refractivity (Wildman–Crippen MR) is 48.3 cm³/mol. The summed E-state index contributed by atoms with van der Waals surface area (Å²) >= 11 is 0. The normalized spacial score (nSPS) is 20.4. The van der Waals surface area contributed by atoms with Crippen LogP contribution in [0.15, 0.2) is 12.0 Å². The molecule has 0 bridgehead atoms. The van der Waals surface area contributed by atoms with Gasteiger partial charge in [0.25, 0.3) is 6.20 Å². The van der Waals surface area contributed by atoms with Gasteiger partial charge in [-0.2, -0.15) is 0 Å². The molecule has 0 amide bonds. The number of nitrogens with two attached hydrogens (primary N) is 1. The fourth-order valence-electron chi connectivity index (χ4n) is 1.25. The first-order chi connectivity index (χ1) is 6.09. The van der Waals surface area contributed by atoms with Crippen LogP contribution >= 0.6 is 0 Å². The molecule has 0 unspecified atom stereocenters. The summed E-state index contributed by atoms with van der Waals surface area (Å²) in [5, 5.41) is 10.1. The average molecular weight is 186 g/mol. The lowest BCUT2D eigenvalue weighted by Crippen LogP contribution is -2.45. The van der Waals surface area contributed by atoms with Gasteiger partial charge in [-0.15, -0.1) is 0 Å². The molecule has 0 radical (unpaired) electrons. The minimum absolute atomic E-state index is 0.248. The Balaban J connectivity index is 2.49. The fraction of sp³-hybridized carbons (Fsp3) is 0.714. The minimum Gasteiger partial charge on any atom is -0.380 e. The van der Waals surface area contributed by atoms with Crippen molar-refractivity contribution < 1.29 is 4.92 Å². The van der Waals surface area contributed by atoms with Crippen LogP contribution in [-0.2, 0) is 0 Å². The highest BCUT2D eigenvalue weighted by Crippen LogP contribution is 2.03. The van der Waals surface area contributed by atoms with Crippen molar-refractivity contribution in [3.8, 4) is 0 Å². The summed E-state index contributed by atoms with van der Waals surface area (Å²) in [6.45, 7) is 3.30. The van der Waals surface area contributed by atoms with Crippen molar-refractivity contribution in [1.29, 1.82) is 0 Å². The molecule has 1 saturated heterocycles. The molecular formula is C7H14N4O2. The van der Waals surface area contributed by atoms with Crippen LogP contribution in [0, 0.1) is 10.1 Å². The third-order valence-corrected chi connectivity index (χ3v) is 2.11. The highest BCUT2D eigenvalue weighted by Gasteiger charge is 2.15. The molecule has 1 fully saturated rings. The Morgan fingerprint density at radius 2 is 2.00 bits per heavy atom. The van der Waals surface area contributed by atoms with Crippen molar-refractivity contribution >= 4 is 0 Å². The van der Waals surface area contributed by atoms with E-state index in [1.165, 1.54) is 0 Å². The van der Waals surface area contributed by atoms with Crippen LogP contribution in [0.3, 0.4) is 0 Å². The zero-order valence-corrected chi connectivity index (χ0v) is 7.64. The van der Waals surface area contributed by atoms with Crippen LogP contribution in [0.2, 0.25) is 0 Å². The topological polar surface area (TPSA) is 75.6 Å². The number of likely N-dealkylation sites (N-methyl/N-ethyl adjacent to an activating group) is 1. The molecule has 1 heterocycles. The second kappa shape index (κ2) is 4.08. The van der Waals surface area contributed by atoms with Crippen molar-refractivity contribution in [3.05, 3.63) is 22.1 Å². The quantitative estimate of drug-likeness (QED) is 0.454. The van der Waals surface area contributed by atoms with Crippen molar-refractivity contribution in [2.45, 2.75) is 0 Å². The SMILES string of the molecule is CN1CCN(C(N)=C[N+](=O)[O-])CC1. The molecule has 1 rings (SSSR count). The van der Waals surface area contributed by atoms with E-state index in [1.54, 1.807) is 0 Å². The number of nitro groups is 1. The fourth-order valence-corrected chi connectivity index (χ4v) is 1.25. The highest BCUT2D eigenvalue weighted by atomic mass is 16.6. The van der Waals surface area contributed by atoms with E-state index < -0.39 is 4.92 Å². The molecule has 0 aromatic rings. The summed E-state index contributed by atoms with van der Waals surface area (Å²) in [6.07, 6.45) is 0.852. The molecule has 74 valence electrons. The maximum Gasteiger partial charge on any atom is 0.274 e. The van der Waals surface area contributed by atoms with Gasteiger partial charge in [0.2, 0.25) is 0 Å². The van der Waals surface area contributed by atoms with E-state index in [4.69, 9.17) is 5.73 Å². The van der Waals surface area contributed by atoms with E-state index >= 15 is 0 Å². The smallest absolute Gasteiger partial charge is 0.274 e. The molecule has 13 heavy (non-hydrogen) atoms. The van der Waals surface area contributed by atoms with Crippen LogP contribution in [0.4, 0.5) is 0 Å². The molecule has 0 aliphatic carbocycles. The van der Waals surface area contributed by atoms with E-state index in [0.717, 1.165) is 32.4 Å². The second-order valence-electron chi connectivity index (χ2n) is 3.13. The Morgan fingerprint density at radius 1 is 1.46 bits per heavy atom. The van der Waals surface area contributed by atoms with Gasteiger partial charge in [-0.1, -0.05) is 0 Å². The molecule has 0 aromatic carbocycles. The molecule has 0 spiro atoms. The van der Waals surface area contributed by atoms with E-state index in [-0.39, 0.29) is 5.82 Å². The molecule has 1 aliphatic heterocycles. The standard InChI is InChI=1S/C7H14N4O2/c1-9-2-4-10(5-3-9)7(8)6-11(12)13/h6H,2-5,8H2,1H3. The number of hydrogen-bond acceptors (Lipinski definition) is 5. The van der Waals surface area contributed by atoms with Crippen LogP contribution in [-0.4, -0.2) is 47.9 Å². The molecule has 2 N–H and O–H groups in total. The van der Waals surface area contributed by atoms with E-state index in [1.807, 2.05) is 11.9 Å². The van der Waals surface area contributed by atoms with Gasteiger partial charge in [0.15, 0.2) is 5.82 Å². The molecular weight excluding hydrogens is 172 g/mol. The third kappa shape index (κ3) is 2.90. The first-order valence-corrected chi connectivity index (χ1v) is 4.14. The van der Waals surface area contributed by atoms with Gasteiger partial charge in [-0.05, 0) is 7.05 Å². The Labute approximate surface area is 76.7 Å². The summed E-state index contributed by atoms with van der Waals surface area (Å²) in [4.78, 5) is 13.6. The lowest BCUT2D eigenvalue weighted by atomic mass is 10.3. The highest BCUT2D eigenvalue weighted by molar-refractivity contribution is 4.92. The average Bonchev–Trinajstić information content (AvgIpc) is 2.04. The first kappa shape index (κ1) is 9.79. The number of nitrogens with zero attached hydrogens (tertiary/aromatic N) is 3. The first-order valence-electron chi connectivity index (χ1n) is 4.14. The van der Waals surface area contributed by atoms with Crippen molar-refractivity contribution in [3.63, 3.8) is 0 Å². The van der Waals surface area contributed by atoms with Gasteiger partial charge < -0.3 is 15.5 Å². The molecule has 0 saturated carbocycles. The molecule has 0 atom stereocenters. The third-order valence-electron chi connectivity index (χ3n) is 2.11. The molecule has 1 aliphatic rings. The van der Waals surface area contributed by atoms with Crippen molar-refractivity contribution in [2.75, 3.05) is 33.2 Å². The van der Waals surface area contributed by atoms with Gasteiger partial charge in [0, 0.05) is 26.2 Å². The van der Waals surface area contributed by atoms with E-state index in [9.17, 15) is 10.1 Å². The number of rotatable bonds is 2. The molecule has 6 heteroatoms. The lowest BCUT2D eigenvalue weighted by Gasteiger charge is -2.32. The van der Waals surface area contributed by atoms with Crippen LogP contribution in [0.5, 0.6) is 0 Å². The predicted octanol–water partition coefficient (Wildman–Crippen LogP) is -0.732. The lowest BCUT2D eigenvalue weighted by molar-refractivity contribution is -0.404. The summed E-state index contributed by atoms with van der Waals surface area (Å²) in [5.74, 6) is 0.248. The Morgan fingerprint density at radius 3 is 2.46 bits per heavy atom. The van der Waals surface area contributed by atoms with Crippen LogP contribution in [0.25, 0.3) is 0 Å². The number of piperazine rings is 1. The van der Waals surface area contributed by atoms with Crippen molar-refractivity contribution in [1.82, 2.24) is 9.80 Å². The Kier molecular flexibility index (Phi) is 3.07. The summed E-state index contributed by atoms with van der Waals surface area (Å²) in [7, 11) is 2.02. The van der Waals surface area contributed by atoms with Gasteiger partial charge in [0.05, 0.1) is 4.92 Å². The zero-order valence-electron chi connectivity index (χ0n) is 7.64. The zero-order chi connectivity index (χ0) is 9.84. The largest absolute Gasteiger partial charge is 0.380 e. The maximum absolute atomic E-state index is 10.1. The molecule has 0 aromatic heterocycles. The van der Waals surface area contributed by atoms with E-state index in [2.05, 4.69) is 4.90 Å². The number of hydrogen-bond donors (Lipinski definition) is 1. The summed E-state index contributed by atoms with van der Waals surface area (Å²) < 4.78 is 0.